The largest absolute Gasteiger partial charge is 0.395 e. The summed E-state index contributed by atoms with van der Waals surface area (Å²) in [5.41, 5.74) is 5.59. The standard InChI is InChI=1S/C13H28N2O2/c1-17-11-13(7-4-8-14)15(9-10-16)12-5-2-3-6-12/h12-13,16H,2-11,14H2,1H3. The van der Waals surface area contributed by atoms with Crippen molar-refractivity contribution in [2.24, 2.45) is 5.73 Å². The lowest BCUT2D eigenvalue weighted by atomic mass is 10.1. The normalized spacial score (nSPS) is 19.1. The molecular weight excluding hydrogens is 216 g/mol. The third kappa shape index (κ3) is 4.92. The van der Waals surface area contributed by atoms with Crippen LogP contribution in [0.5, 0.6) is 0 Å². The minimum atomic E-state index is 0.235. The SMILES string of the molecule is COCC(CCCN)N(CCO)C1CCCC1. The van der Waals surface area contributed by atoms with Gasteiger partial charge in [-0.25, -0.2) is 0 Å². The van der Waals surface area contributed by atoms with Crippen LogP contribution in [0.4, 0.5) is 0 Å². The molecule has 1 saturated carbocycles. The first-order chi connectivity index (χ1) is 8.33. The van der Waals surface area contributed by atoms with Crippen LogP contribution < -0.4 is 5.73 Å². The van der Waals surface area contributed by atoms with E-state index in [1.54, 1.807) is 7.11 Å². The molecule has 0 radical (unpaired) electrons. The van der Waals surface area contributed by atoms with Crippen molar-refractivity contribution in [3.8, 4) is 0 Å². The molecule has 0 amide bonds. The molecule has 17 heavy (non-hydrogen) atoms. The monoisotopic (exact) mass is 244 g/mol. The Bertz CT molecular complexity index is 184. The van der Waals surface area contributed by atoms with E-state index >= 15 is 0 Å². The molecule has 1 unspecified atom stereocenters. The first kappa shape index (κ1) is 14.9. The number of hydrogen-bond donors (Lipinski definition) is 2. The van der Waals surface area contributed by atoms with Crippen molar-refractivity contribution in [1.29, 1.82) is 0 Å². The number of aliphatic hydroxyl groups is 1. The number of nitrogens with two attached hydrogens (primary N) is 1. The Kier molecular flexibility index (Phi) is 7.77. The number of methoxy groups -OCH3 is 1. The molecule has 1 rings (SSSR count). The van der Waals surface area contributed by atoms with Gasteiger partial charge in [-0.15, -0.1) is 0 Å². The molecule has 4 nitrogen and oxygen atoms in total. The predicted octanol–water partition coefficient (Wildman–Crippen LogP) is 0.977. The van der Waals surface area contributed by atoms with E-state index in [2.05, 4.69) is 4.90 Å². The highest BCUT2D eigenvalue weighted by Gasteiger charge is 2.27. The molecule has 0 aliphatic heterocycles. The minimum absolute atomic E-state index is 0.235. The number of nitrogens with zero attached hydrogens (tertiary/aromatic N) is 1. The Hall–Kier alpha value is -0.160. The number of rotatable bonds is 9. The van der Waals surface area contributed by atoms with Crippen molar-refractivity contribution < 1.29 is 9.84 Å². The highest BCUT2D eigenvalue weighted by atomic mass is 16.5. The number of aliphatic hydroxyl groups excluding tert-OH is 1. The molecule has 0 aromatic rings. The third-order valence-electron chi connectivity index (χ3n) is 3.72. The molecule has 1 fully saturated rings. The minimum Gasteiger partial charge on any atom is -0.395 e. The molecule has 1 aliphatic carbocycles. The van der Waals surface area contributed by atoms with Crippen molar-refractivity contribution in [3.63, 3.8) is 0 Å². The summed E-state index contributed by atoms with van der Waals surface area (Å²) in [7, 11) is 1.75. The second-order valence-corrected chi connectivity index (χ2v) is 4.94. The van der Waals surface area contributed by atoms with E-state index in [0.29, 0.717) is 12.1 Å². The fourth-order valence-corrected chi connectivity index (χ4v) is 2.91. The van der Waals surface area contributed by atoms with Crippen LogP contribution in [-0.4, -0.2) is 55.5 Å². The molecule has 0 saturated heterocycles. The molecule has 0 aromatic carbocycles. The average Bonchev–Trinajstić information content (AvgIpc) is 2.85. The van der Waals surface area contributed by atoms with Crippen LogP contribution in [0.1, 0.15) is 38.5 Å². The Morgan fingerprint density at radius 2 is 2.12 bits per heavy atom. The molecule has 4 heteroatoms. The molecule has 0 bridgehead atoms. The fraction of sp³-hybridized carbons (Fsp3) is 1.00. The van der Waals surface area contributed by atoms with Crippen LogP contribution in [0, 0.1) is 0 Å². The van der Waals surface area contributed by atoms with Crippen molar-refractivity contribution in [1.82, 2.24) is 4.90 Å². The second kappa shape index (κ2) is 8.86. The zero-order valence-corrected chi connectivity index (χ0v) is 11.1. The Balaban J connectivity index is 2.54. The molecule has 1 aliphatic rings. The summed E-state index contributed by atoms with van der Waals surface area (Å²) in [4.78, 5) is 2.45. The molecule has 0 spiro atoms. The lowest BCUT2D eigenvalue weighted by Crippen LogP contribution is -2.46. The molecule has 102 valence electrons. The van der Waals surface area contributed by atoms with Gasteiger partial charge in [-0.05, 0) is 32.2 Å². The van der Waals surface area contributed by atoms with Crippen LogP contribution >= 0.6 is 0 Å². The zero-order chi connectivity index (χ0) is 12.5. The summed E-state index contributed by atoms with van der Waals surface area (Å²) in [6.07, 6.45) is 7.28. The first-order valence-corrected chi connectivity index (χ1v) is 6.89. The zero-order valence-electron chi connectivity index (χ0n) is 11.1. The predicted molar refractivity (Wildman–Crippen MR) is 70.0 cm³/mol. The summed E-state index contributed by atoms with van der Waals surface area (Å²) >= 11 is 0. The smallest absolute Gasteiger partial charge is 0.0618 e. The number of ether oxygens (including phenoxy) is 1. The van der Waals surface area contributed by atoms with Gasteiger partial charge in [-0.1, -0.05) is 12.8 Å². The molecular formula is C13H28N2O2. The maximum atomic E-state index is 9.23. The maximum absolute atomic E-state index is 9.23. The Morgan fingerprint density at radius 3 is 2.65 bits per heavy atom. The van der Waals surface area contributed by atoms with Gasteiger partial charge in [-0.2, -0.15) is 0 Å². The van der Waals surface area contributed by atoms with Gasteiger partial charge in [0.15, 0.2) is 0 Å². The summed E-state index contributed by atoms with van der Waals surface area (Å²) in [5, 5.41) is 9.23. The number of hydrogen-bond acceptors (Lipinski definition) is 4. The molecule has 0 aromatic heterocycles. The van der Waals surface area contributed by atoms with Crippen molar-refractivity contribution in [3.05, 3.63) is 0 Å². The highest BCUT2D eigenvalue weighted by molar-refractivity contribution is 4.83. The van der Waals surface area contributed by atoms with Gasteiger partial charge in [-0.3, -0.25) is 4.90 Å². The van der Waals surface area contributed by atoms with Crippen molar-refractivity contribution in [2.45, 2.75) is 50.6 Å². The quantitative estimate of drug-likeness (QED) is 0.635. The van der Waals surface area contributed by atoms with Gasteiger partial charge < -0.3 is 15.6 Å². The second-order valence-electron chi connectivity index (χ2n) is 4.94. The average molecular weight is 244 g/mol. The van der Waals surface area contributed by atoms with Crippen molar-refractivity contribution in [2.75, 3.05) is 33.4 Å². The summed E-state index contributed by atoms with van der Waals surface area (Å²) < 4.78 is 5.32. The summed E-state index contributed by atoms with van der Waals surface area (Å²) in [5.74, 6) is 0. The van der Waals surface area contributed by atoms with Crippen LogP contribution in [-0.2, 0) is 4.74 Å². The maximum Gasteiger partial charge on any atom is 0.0618 e. The van der Waals surface area contributed by atoms with Crippen LogP contribution in [0.25, 0.3) is 0 Å². The third-order valence-corrected chi connectivity index (χ3v) is 3.72. The topological polar surface area (TPSA) is 58.7 Å². The lowest BCUT2D eigenvalue weighted by molar-refractivity contribution is 0.0436. The Labute approximate surface area is 105 Å². The lowest BCUT2D eigenvalue weighted by Gasteiger charge is -2.35. The van der Waals surface area contributed by atoms with Gasteiger partial charge in [0.05, 0.1) is 13.2 Å². The van der Waals surface area contributed by atoms with Gasteiger partial charge in [0.25, 0.3) is 0 Å². The van der Waals surface area contributed by atoms with Crippen LogP contribution in [0.3, 0.4) is 0 Å². The highest BCUT2D eigenvalue weighted by Crippen LogP contribution is 2.26. The van der Waals surface area contributed by atoms with E-state index in [0.717, 1.165) is 32.5 Å². The van der Waals surface area contributed by atoms with Crippen LogP contribution in [0.15, 0.2) is 0 Å². The first-order valence-electron chi connectivity index (χ1n) is 6.89. The van der Waals surface area contributed by atoms with Crippen LogP contribution in [0.2, 0.25) is 0 Å². The van der Waals surface area contributed by atoms with E-state index in [1.807, 2.05) is 0 Å². The van der Waals surface area contributed by atoms with E-state index in [9.17, 15) is 5.11 Å². The van der Waals surface area contributed by atoms with E-state index < -0.39 is 0 Å². The van der Waals surface area contributed by atoms with Gasteiger partial charge in [0.1, 0.15) is 0 Å². The molecule has 0 heterocycles. The van der Waals surface area contributed by atoms with Gasteiger partial charge in [0, 0.05) is 25.7 Å². The van der Waals surface area contributed by atoms with E-state index in [4.69, 9.17) is 10.5 Å². The Morgan fingerprint density at radius 1 is 1.41 bits per heavy atom. The van der Waals surface area contributed by atoms with Gasteiger partial charge in [0.2, 0.25) is 0 Å². The van der Waals surface area contributed by atoms with E-state index in [-0.39, 0.29) is 6.61 Å². The molecule has 3 N–H and O–H groups in total. The summed E-state index contributed by atoms with van der Waals surface area (Å²) in [6.45, 7) is 2.48. The summed E-state index contributed by atoms with van der Waals surface area (Å²) in [6, 6.07) is 1.05. The van der Waals surface area contributed by atoms with E-state index in [1.165, 1.54) is 25.7 Å². The fourth-order valence-electron chi connectivity index (χ4n) is 2.91. The molecule has 1 atom stereocenters. The van der Waals surface area contributed by atoms with Gasteiger partial charge >= 0.3 is 0 Å². The van der Waals surface area contributed by atoms with Crippen molar-refractivity contribution >= 4 is 0 Å².